The molecule has 13 heavy (non-hydrogen) atoms. The Kier molecular flexibility index (Phi) is 1.40. The summed E-state index contributed by atoms with van der Waals surface area (Å²) in [6.45, 7) is 0. The van der Waals surface area contributed by atoms with Crippen molar-refractivity contribution < 1.29 is 0 Å². The van der Waals surface area contributed by atoms with Crippen LogP contribution in [-0.4, -0.2) is 8.80 Å². The summed E-state index contributed by atoms with van der Waals surface area (Å²) in [7, 11) is -0.547. The molecule has 0 radical (unpaired) electrons. The summed E-state index contributed by atoms with van der Waals surface area (Å²) >= 11 is 0. The van der Waals surface area contributed by atoms with E-state index in [0.29, 0.717) is 0 Å². The highest BCUT2D eigenvalue weighted by Crippen LogP contribution is 2.30. The second-order valence-electron chi connectivity index (χ2n) is 3.32. The van der Waals surface area contributed by atoms with Gasteiger partial charge in [0.15, 0.2) is 0 Å². The highest BCUT2D eigenvalue weighted by atomic mass is 28.3. The monoisotopic (exact) mass is 181 g/mol. The minimum atomic E-state index is -0.547. The molecule has 0 unspecified atom stereocenters. The largest absolute Gasteiger partial charge is 0.219 e. The van der Waals surface area contributed by atoms with Gasteiger partial charge < -0.3 is 0 Å². The summed E-state index contributed by atoms with van der Waals surface area (Å²) in [4.78, 5) is 0. The van der Waals surface area contributed by atoms with E-state index in [1.807, 2.05) is 0 Å². The van der Waals surface area contributed by atoms with Crippen molar-refractivity contribution >= 4 is 8.80 Å². The van der Waals surface area contributed by atoms with E-state index in [1.54, 1.807) is 0 Å². The van der Waals surface area contributed by atoms with Gasteiger partial charge in [0.05, 0.1) is 0 Å². The molecule has 1 heteroatoms. The summed E-state index contributed by atoms with van der Waals surface area (Å²) < 4.78 is 0. The standard InChI is InChI=1S/C12H9Si/c1-4-10-6-2-8-12-9-3-7-11(5-1)13(10)12/h1-9H/q-1. The molecule has 0 aromatic rings. The highest BCUT2D eigenvalue weighted by molar-refractivity contribution is 6.83. The highest BCUT2D eigenvalue weighted by Gasteiger charge is 2.10. The van der Waals surface area contributed by atoms with Gasteiger partial charge in [-0.2, -0.15) is 15.6 Å². The third kappa shape index (κ3) is 0.973. The second kappa shape index (κ2) is 2.57. The first kappa shape index (κ1) is 7.10. The fourth-order valence-electron chi connectivity index (χ4n) is 1.93. The van der Waals surface area contributed by atoms with Gasteiger partial charge >= 0.3 is 0 Å². The SMILES string of the molecule is C1=CC2=CC=CC3=CC=CC(=C1)[Si-]23. The first-order chi connectivity index (χ1) is 6.45. The molecule has 0 aromatic heterocycles. The van der Waals surface area contributed by atoms with E-state index in [9.17, 15) is 0 Å². The second-order valence-corrected chi connectivity index (χ2v) is 5.80. The number of hydrogen-bond acceptors (Lipinski definition) is 0. The van der Waals surface area contributed by atoms with Crippen molar-refractivity contribution in [2.45, 2.75) is 0 Å². The quantitative estimate of drug-likeness (QED) is 0.504. The zero-order valence-electron chi connectivity index (χ0n) is 7.20. The van der Waals surface area contributed by atoms with Crippen LogP contribution in [0.2, 0.25) is 0 Å². The zero-order chi connectivity index (χ0) is 8.67. The minimum absolute atomic E-state index is 0.547. The maximum atomic E-state index is 2.24. The molecule has 0 aliphatic carbocycles. The van der Waals surface area contributed by atoms with Crippen LogP contribution in [0.25, 0.3) is 0 Å². The smallest absolute Gasteiger partial charge is 0.0675 e. The van der Waals surface area contributed by atoms with Crippen LogP contribution in [0.1, 0.15) is 0 Å². The third-order valence-corrected chi connectivity index (χ3v) is 5.25. The van der Waals surface area contributed by atoms with Gasteiger partial charge in [-0.3, -0.25) is 0 Å². The van der Waals surface area contributed by atoms with Crippen LogP contribution in [0.15, 0.2) is 70.3 Å². The Morgan fingerprint density at radius 2 is 1.00 bits per heavy atom. The van der Waals surface area contributed by atoms with E-state index in [0.717, 1.165) is 0 Å². The van der Waals surface area contributed by atoms with Gasteiger partial charge in [0.2, 0.25) is 0 Å². The van der Waals surface area contributed by atoms with E-state index in [2.05, 4.69) is 54.7 Å². The van der Waals surface area contributed by atoms with Gasteiger partial charge in [0, 0.05) is 0 Å². The first-order valence-electron chi connectivity index (χ1n) is 4.48. The van der Waals surface area contributed by atoms with Gasteiger partial charge in [0.25, 0.3) is 0 Å². The summed E-state index contributed by atoms with van der Waals surface area (Å²) in [5, 5.41) is 4.54. The molecule has 0 spiro atoms. The molecule has 0 bridgehead atoms. The van der Waals surface area contributed by atoms with Crippen LogP contribution < -0.4 is 0 Å². The Morgan fingerprint density at radius 1 is 0.615 bits per heavy atom. The molecule has 62 valence electrons. The van der Waals surface area contributed by atoms with Gasteiger partial charge in [-0.1, -0.05) is 54.7 Å². The predicted molar refractivity (Wildman–Crippen MR) is 57.4 cm³/mol. The fraction of sp³-hybridized carbons (Fsp3) is 0. The maximum absolute atomic E-state index is 2.24. The third-order valence-electron chi connectivity index (χ3n) is 2.52. The molecule has 0 saturated carbocycles. The fourth-order valence-corrected chi connectivity index (χ4v) is 4.51. The van der Waals surface area contributed by atoms with Crippen molar-refractivity contribution in [1.82, 2.24) is 0 Å². The van der Waals surface area contributed by atoms with E-state index in [-0.39, 0.29) is 0 Å². The normalized spacial score (nSPS) is 22.2. The van der Waals surface area contributed by atoms with Crippen molar-refractivity contribution in [3.63, 3.8) is 0 Å². The van der Waals surface area contributed by atoms with Crippen LogP contribution >= 0.6 is 0 Å². The van der Waals surface area contributed by atoms with Gasteiger partial charge in [-0.05, 0) is 0 Å². The molecule has 3 rings (SSSR count). The molecule has 0 fully saturated rings. The van der Waals surface area contributed by atoms with Crippen molar-refractivity contribution in [1.29, 1.82) is 0 Å². The zero-order valence-corrected chi connectivity index (χ0v) is 8.20. The summed E-state index contributed by atoms with van der Waals surface area (Å²) in [6.07, 6.45) is 19.9. The van der Waals surface area contributed by atoms with Crippen LogP contribution in [0.3, 0.4) is 0 Å². The van der Waals surface area contributed by atoms with Gasteiger partial charge in [0.1, 0.15) is 0 Å². The molecule has 0 saturated heterocycles. The maximum Gasteiger partial charge on any atom is -0.0675 e. The predicted octanol–water partition coefficient (Wildman–Crippen LogP) is 2.59. The van der Waals surface area contributed by atoms with Crippen LogP contribution in [0, 0.1) is 0 Å². The topological polar surface area (TPSA) is 0 Å². The molecule has 3 heterocycles. The molecule has 3 aliphatic heterocycles. The number of rotatable bonds is 0. The molecular formula is C12H9Si-. The molecule has 0 nitrogen and oxygen atoms in total. The Bertz CT molecular complexity index is 361. The lowest BCUT2D eigenvalue weighted by molar-refractivity contribution is 1.57. The lowest BCUT2D eigenvalue weighted by atomic mass is 10.3. The van der Waals surface area contributed by atoms with Crippen LogP contribution in [0.4, 0.5) is 0 Å². The number of allylic oxidation sites excluding steroid dienone is 12. The average molecular weight is 181 g/mol. The van der Waals surface area contributed by atoms with Crippen molar-refractivity contribution in [3.05, 3.63) is 70.3 Å². The van der Waals surface area contributed by atoms with E-state index in [4.69, 9.17) is 0 Å². The van der Waals surface area contributed by atoms with E-state index < -0.39 is 8.80 Å². The summed E-state index contributed by atoms with van der Waals surface area (Å²) in [6, 6.07) is 0. The summed E-state index contributed by atoms with van der Waals surface area (Å²) in [5.74, 6) is 0. The molecule has 0 amide bonds. The van der Waals surface area contributed by atoms with E-state index >= 15 is 0 Å². The van der Waals surface area contributed by atoms with Gasteiger partial charge in [-0.15, -0.1) is 0 Å². The Labute approximate surface area is 79.6 Å². The Hall–Kier alpha value is -1.34. The molecule has 3 aliphatic rings. The minimum Gasteiger partial charge on any atom is -0.219 e. The molecular weight excluding hydrogens is 172 g/mol. The Balaban J connectivity index is 2.23. The van der Waals surface area contributed by atoms with Crippen molar-refractivity contribution in [3.8, 4) is 0 Å². The lowest BCUT2D eigenvalue weighted by Gasteiger charge is -2.42. The average Bonchev–Trinajstić information content (AvgIpc) is 2.19. The first-order valence-corrected chi connectivity index (χ1v) is 5.98. The van der Waals surface area contributed by atoms with Crippen molar-refractivity contribution in [2.24, 2.45) is 0 Å². The van der Waals surface area contributed by atoms with E-state index in [1.165, 1.54) is 15.6 Å². The van der Waals surface area contributed by atoms with Crippen molar-refractivity contribution in [2.75, 3.05) is 0 Å². The number of hydrogen-bond donors (Lipinski definition) is 0. The molecule has 0 atom stereocenters. The molecule has 0 aromatic carbocycles. The summed E-state index contributed by atoms with van der Waals surface area (Å²) in [5.41, 5.74) is 0. The van der Waals surface area contributed by atoms with Gasteiger partial charge in [-0.25, -0.2) is 8.80 Å². The van der Waals surface area contributed by atoms with Crippen LogP contribution in [0.5, 0.6) is 0 Å². The lowest BCUT2D eigenvalue weighted by Crippen LogP contribution is -2.26. The molecule has 0 N–H and O–H groups in total. The van der Waals surface area contributed by atoms with Crippen LogP contribution in [-0.2, 0) is 0 Å². The Morgan fingerprint density at radius 3 is 1.38 bits per heavy atom.